The van der Waals surface area contributed by atoms with Crippen molar-refractivity contribution in [3.8, 4) is 11.8 Å². The molecule has 1 atom stereocenters. The number of benzene rings is 1. The Hall–Kier alpha value is -1.62. The monoisotopic (exact) mass is 312 g/mol. The third-order valence-corrected chi connectivity index (χ3v) is 3.70. The molecule has 116 valence electrons. The summed E-state index contributed by atoms with van der Waals surface area (Å²) in [6.45, 7) is 0.992. The fourth-order valence-electron chi connectivity index (χ4n) is 1.61. The summed E-state index contributed by atoms with van der Waals surface area (Å²) in [5, 5.41) is 21.3. The minimum Gasteiger partial charge on any atom is -0.491 e. The Morgan fingerprint density at radius 2 is 2.05 bits per heavy atom. The zero-order valence-corrected chi connectivity index (χ0v) is 12.8. The van der Waals surface area contributed by atoms with E-state index in [9.17, 15) is 13.5 Å². The minimum absolute atomic E-state index is 0.130. The Morgan fingerprint density at radius 3 is 2.62 bits per heavy atom. The molecule has 0 aliphatic rings. The largest absolute Gasteiger partial charge is 0.491 e. The summed E-state index contributed by atoms with van der Waals surface area (Å²) in [5.74, 6) is 0.725. The van der Waals surface area contributed by atoms with Crippen LogP contribution in [0.2, 0.25) is 0 Å². The maximum atomic E-state index is 10.9. The highest BCUT2D eigenvalue weighted by Gasteiger charge is 2.06. The normalized spacial score (nSPS) is 12.6. The van der Waals surface area contributed by atoms with Gasteiger partial charge < -0.3 is 15.2 Å². The fraction of sp³-hybridized carbons (Fsp3) is 0.500. The maximum Gasteiger partial charge on any atom is 0.147 e. The van der Waals surface area contributed by atoms with Gasteiger partial charge in [-0.15, -0.1) is 0 Å². The molecule has 7 heteroatoms. The molecule has 21 heavy (non-hydrogen) atoms. The van der Waals surface area contributed by atoms with Gasteiger partial charge in [-0.2, -0.15) is 5.26 Å². The number of nitrogens with zero attached hydrogens (tertiary/aromatic N) is 1. The number of nitrogens with one attached hydrogen (secondary N) is 1. The highest BCUT2D eigenvalue weighted by Crippen LogP contribution is 2.11. The van der Waals surface area contributed by atoms with Gasteiger partial charge in [0, 0.05) is 12.8 Å². The molecule has 0 spiro atoms. The number of aliphatic hydroxyl groups is 1. The van der Waals surface area contributed by atoms with Crippen LogP contribution in [0.25, 0.3) is 0 Å². The van der Waals surface area contributed by atoms with E-state index in [-0.39, 0.29) is 12.4 Å². The molecule has 0 amide bonds. The second kappa shape index (κ2) is 8.62. The number of nitriles is 1. The molecule has 0 bridgehead atoms. The van der Waals surface area contributed by atoms with Gasteiger partial charge in [0.2, 0.25) is 0 Å². The van der Waals surface area contributed by atoms with Crippen LogP contribution in [0.5, 0.6) is 5.75 Å². The highest BCUT2D eigenvalue weighted by atomic mass is 32.2. The van der Waals surface area contributed by atoms with E-state index < -0.39 is 15.9 Å². The predicted molar refractivity (Wildman–Crippen MR) is 79.9 cm³/mol. The molecule has 6 nitrogen and oxygen atoms in total. The Kier molecular flexibility index (Phi) is 7.15. The zero-order valence-electron chi connectivity index (χ0n) is 11.9. The molecule has 0 radical (unpaired) electrons. The van der Waals surface area contributed by atoms with Gasteiger partial charge in [0.1, 0.15) is 28.3 Å². The SMILES string of the molecule is CS(=O)(=O)CCCNC[C@H](O)COc1ccc(C#N)cc1. The fourth-order valence-corrected chi connectivity index (χ4v) is 2.27. The average molecular weight is 312 g/mol. The molecular formula is C14H20N2O4S. The van der Waals surface area contributed by atoms with E-state index in [1.165, 1.54) is 6.26 Å². The number of aliphatic hydroxyl groups excluding tert-OH is 1. The lowest BCUT2D eigenvalue weighted by Crippen LogP contribution is -2.32. The Balaban J connectivity index is 2.16. The first-order chi connectivity index (χ1) is 9.90. The molecule has 0 fully saturated rings. The second-order valence-corrected chi connectivity index (χ2v) is 7.05. The van der Waals surface area contributed by atoms with Crippen molar-refractivity contribution in [3.05, 3.63) is 29.8 Å². The van der Waals surface area contributed by atoms with Gasteiger partial charge in [0.05, 0.1) is 17.4 Å². The van der Waals surface area contributed by atoms with Crippen LogP contribution in [0, 0.1) is 11.3 Å². The summed E-state index contributed by atoms with van der Waals surface area (Å²) in [7, 11) is -2.93. The maximum absolute atomic E-state index is 10.9. The minimum atomic E-state index is -2.93. The molecule has 2 N–H and O–H groups in total. The molecule has 1 aromatic carbocycles. The molecule has 0 saturated carbocycles. The molecule has 0 aromatic heterocycles. The van der Waals surface area contributed by atoms with Gasteiger partial charge in [-0.1, -0.05) is 0 Å². The molecule has 0 aliphatic carbocycles. The first-order valence-corrected chi connectivity index (χ1v) is 8.66. The third kappa shape index (κ3) is 8.30. The first kappa shape index (κ1) is 17.4. The predicted octanol–water partition coefficient (Wildman–Crippen LogP) is 0.322. The van der Waals surface area contributed by atoms with E-state index in [0.717, 1.165) is 0 Å². The first-order valence-electron chi connectivity index (χ1n) is 6.60. The summed E-state index contributed by atoms with van der Waals surface area (Å²) in [6.07, 6.45) is 1.04. The highest BCUT2D eigenvalue weighted by molar-refractivity contribution is 7.90. The molecule has 0 saturated heterocycles. The molecule has 1 aromatic rings. The van der Waals surface area contributed by atoms with E-state index in [4.69, 9.17) is 10.00 Å². The summed E-state index contributed by atoms with van der Waals surface area (Å²) in [4.78, 5) is 0. The van der Waals surface area contributed by atoms with Crippen LogP contribution in [-0.4, -0.2) is 51.3 Å². The molecule has 0 unspecified atom stereocenters. The van der Waals surface area contributed by atoms with Crippen LogP contribution >= 0.6 is 0 Å². The molecule has 1 rings (SSSR count). The molecule has 0 aliphatic heterocycles. The lowest BCUT2D eigenvalue weighted by Gasteiger charge is -2.13. The summed E-state index contributed by atoms with van der Waals surface area (Å²) in [5.41, 5.74) is 0.551. The van der Waals surface area contributed by atoms with Crippen LogP contribution in [0.4, 0.5) is 0 Å². The van der Waals surface area contributed by atoms with Crippen molar-refractivity contribution < 1.29 is 18.3 Å². The van der Waals surface area contributed by atoms with Crippen LogP contribution in [0.3, 0.4) is 0 Å². The van der Waals surface area contributed by atoms with Gasteiger partial charge in [0.25, 0.3) is 0 Å². The Labute approximate surface area is 125 Å². The van der Waals surface area contributed by atoms with Crippen molar-refractivity contribution in [2.24, 2.45) is 0 Å². The van der Waals surface area contributed by atoms with Crippen molar-refractivity contribution in [1.82, 2.24) is 5.32 Å². The number of rotatable bonds is 9. The quantitative estimate of drug-likeness (QED) is 0.637. The smallest absolute Gasteiger partial charge is 0.147 e. The van der Waals surface area contributed by atoms with Crippen molar-refractivity contribution in [2.75, 3.05) is 31.7 Å². The summed E-state index contributed by atoms with van der Waals surface area (Å²) < 4.78 is 27.2. The number of ether oxygens (including phenoxy) is 1. The van der Waals surface area contributed by atoms with Crippen molar-refractivity contribution in [2.45, 2.75) is 12.5 Å². The Bertz CT molecular complexity index is 564. The van der Waals surface area contributed by atoms with Gasteiger partial charge in [-0.25, -0.2) is 8.42 Å². The third-order valence-electron chi connectivity index (χ3n) is 2.67. The van der Waals surface area contributed by atoms with E-state index in [1.54, 1.807) is 24.3 Å². The van der Waals surface area contributed by atoms with Gasteiger partial charge in [-0.05, 0) is 37.2 Å². The molecule has 0 heterocycles. The van der Waals surface area contributed by atoms with Crippen LogP contribution in [-0.2, 0) is 9.84 Å². The number of hydrogen-bond donors (Lipinski definition) is 2. The van der Waals surface area contributed by atoms with Gasteiger partial charge >= 0.3 is 0 Å². The van der Waals surface area contributed by atoms with Crippen LogP contribution in [0.15, 0.2) is 24.3 Å². The number of hydrogen-bond acceptors (Lipinski definition) is 6. The second-order valence-electron chi connectivity index (χ2n) is 4.79. The average Bonchev–Trinajstić information content (AvgIpc) is 2.44. The van der Waals surface area contributed by atoms with Crippen molar-refractivity contribution in [3.63, 3.8) is 0 Å². The van der Waals surface area contributed by atoms with Crippen LogP contribution < -0.4 is 10.1 Å². The van der Waals surface area contributed by atoms with E-state index in [0.29, 0.717) is 30.8 Å². The van der Waals surface area contributed by atoms with E-state index >= 15 is 0 Å². The topological polar surface area (TPSA) is 99.4 Å². The zero-order chi connectivity index (χ0) is 15.7. The molecular weight excluding hydrogens is 292 g/mol. The lowest BCUT2D eigenvalue weighted by atomic mass is 10.2. The van der Waals surface area contributed by atoms with Gasteiger partial charge in [0.15, 0.2) is 0 Å². The van der Waals surface area contributed by atoms with E-state index in [2.05, 4.69) is 5.32 Å². The van der Waals surface area contributed by atoms with E-state index in [1.807, 2.05) is 6.07 Å². The van der Waals surface area contributed by atoms with Crippen molar-refractivity contribution in [1.29, 1.82) is 5.26 Å². The van der Waals surface area contributed by atoms with Crippen LogP contribution in [0.1, 0.15) is 12.0 Å². The standard InChI is InChI=1S/C14H20N2O4S/c1-21(18,19)8-2-7-16-10-13(17)11-20-14-5-3-12(9-15)4-6-14/h3-6,13,16-17H,2,7-8,10-11H2,1H3/t13-/m0/s1. The lowest BCUT2D eigenvalue weighted by molar-refractivity contribution is 0.106. The van der Waals surface area contributed by atoms with Crippen molar-refractivity contribution >= 4 is 9.84 Å². The number of sulfone groups is 1. The van der Waals surface area contributed by atoms with Gasteiger partial charge in [-0.3, -0.25) is 0 Å². The Morgan fingerprint density at radius 1 is 1.38 bits per heavy atom. The summed E-state index contributed by atoms with van der Waals surface area (Å²) in [6, 6.07) is 8.64. The summed E-state index contributed by atoms with van der Waals surface area (Å²) >= 11 is 0.